The average Bonchev–Trinajstić information content (AvgIpc) is 3.17. The number of sulfonamides is 1. The predicted molar refractivity (Wildman–Crippen MR) is 97.8 cm³/mol. The van der Waals surface area contributed by atoms with Gasteiger partial charge < -0.3 is 5.32 Å². The maximum absolute atomic E-state index is 12.9. The van der Waals surface area contributed by atoms with E-state index in [1.807, 2.05) is 0 Å². The van der Waals surface area contributed by atoms with Crippen LogP contribution in [-0.4, -0.2) is 31.7 Å². The first kappa shape index (κ1) is 18.5. The number of carbonyl (C=O) groups excluding carboxylic acids is 1. The van der Waals surface area contributed by atoms with E-state index in [0.717, 1.165) is 18.4 Å². The summed E-state index contributed by atoms with van der Waals surface area (Å²) in [4.78, 5) is 12.3. The summed E-state index contributed by atoms with van der Waals surface area (Å²) in [5, 5.41) is 2.73. The molecule has 1 N–H and O–H groups in total. The van der Waals surface area contributed by atoms with Crippen LogP contribution in [0.15, 0.2) is 53.4 Å². The van der Waals surface area contributed by atoms with Crippen LogP contribution >= 0.6 is 0 Å². The lowest BCUT2D eigenvalue weighted by molar-refractivity contribution is -0.116. The number of benzene rings is 2. The fraction of sp³-hybridized carbons (Fsp3) is 0.316. The number of nitrogens with zero attached hydrogens (tertiary/aromatic N) is 1. The number of hydrogen-bond acceptors (Lipinski definition) is 3. The molecule has 7 heteroatoms. The van der Waals surface area contributed by atoms with Crippen LogP contribution in [0.4, 0.5) is 10.1 Å². The third-order valence-corrected chi connectivity index (χ3v) is 6.27. The van der Waals surface area contributed by atoms with E-state index in [4.69, 9.17) is 0 Å². The summed E-state index contributed by atoms with van der Waals surface area (Å²) in [5.41, 5.74) is 1.32. The van der Waals surface area contributed by atoms with Crippen molar-refractivity contribution in [2.75, 3.05) is 18.4 Å². The summed E-state index contributed by atoms with van der Waals surface area (Å²) in [6.07, 6.45) is 2.46. The zero-order valence-corrected chi connectivity index (χ0v) is 15.1. The van der Waals surface area contributed by atoms with Crippen molar-refractivity contribution in [1.29, 1.82) is 0 Å². The van der Waals surface area contributed by atoms with E-state index < -0.39 is 10.0 Å². The molecular weight excluding hydrogens is 355 g/mol. The molecule has 26 heavy (non-hydrogen) atoms. The zero-order valence-electron chi connectivity index (χ0n) is 14.3. The van der Waals surface area contributed by atoms with Crippen LogP contribution < -0.4 is 5.32 Å². The van der Waals surface area contributed by atoms with E-state index in [1.54, 1.807) is 30.3 Å². The molecule has 0 bridgehead atoms. The number of amides is 1. The monoisotopic (exact) mass is 376 g/mol. The van der Waals surface area contributed by atoms with Gasteiger partial charge >= 0.3 is 0 Å². The minimum Gasteiger partial charge on any atom is -0.326 e. The average molecular weight is 376 g/mol. The quantitative estimate of drug-likeness (QED) is 0.842. The van der Waals surface area contributed by atoms with Gasteiger partial charge in [-0.1, -0.05) is 18.2 Å². The third kappa shape index (κ3) is 4.47. The number of nitrogens with one attached hydrogen (secondary N) is 1. The second-order valence-corrected chi connectivity index (χ2v) is 8.25. The number of rotatable bonds is 6. The summed E-state index contributed by atoms with van der Waals surface area (Å²) in [5.74, 6) is -0.528. The predicted octanol–water partition coefficient (Wildman–Crippen LogP) is 3.18. The Hall–Kier alpha value is -2.25. The molecule has 1 heterocycles. The molecule has 0 aromatic heterocycles. The highest BCUT2D eigenvalue weighted by atomic mass is 32.2. The lowest BCUT2D eigenvalue weighted by Gasteiger charge is -2.16. The molecule has 0 aliphatic carbocycles. The van der Waals surface area contributed by atoms with Gasteiger partial charge in [0.15, 0.2) is 0 Å². The molecule has 1 amide bonds. The molecule has 2 aromatic carbocycles. The molecule has 1 aliphatic heterocycles. The largest absolute Gasteiger partial charge is 0.326 e. The molecule has 0 saturated carbocycles. The minimum atomic E-state index is -3.51. The Morgan fingerprint density at radius 3 is 2.46 bits per heavy atom. The lowest BCUT2D eigenvalue weighted by Crippen LogP contribution is -2.27. The lowest BCUT2D eigenvalue weighted by atomic mass is 10.1. The van der Waals surface area contributed by atoms with E-state index in [1.165, 1.54) is 22.5 Å². The Morgan fingerprint density at radius 1 is 1.08 bits per heavy atom. The molecule has 0 spiro atoms. The van der Waals surface area contributed by atoms with Crippen LogP contribution in [0.1, 0.15) is 24.8 Å². The first-order valence-electron chi connectivity index (χ1n) is 8.60. The summed E-state index contributed by atoms with van der Waals surface area (Å²) in [6.45, 7) is 1.08. The third-order valence-electron chi connectivity index (χ3n) is 4.37. The van der Waals surface area contributed by atoms with E-state index in [0.29, 0.717) is 25.2 Å². The molecule has 1 saturated heterocycles. The second-order valence-electron chi connectivity index (χ2n) is 6.31. The van der Waals surface area contributed by atoms with Gasteiger partial charge in [0.1, 0.15) is 5.82 Å². The van der Waals surface area contributed by atoms with Gasteiger partial charge in [0.25, 0.3) is 0 Å². The molecule has 0 unspecified atom stereocenters. The Balaban J connectivity index is 1.62. The molecular formula is C19H21FN2O3S. The van der Waals surface area contributed by atoms with E-state index in [2.05, 4.69) is 5.32 Å². The van der Waals surface area contributed by atoms with Crippen molar-refractivity contribution >= 4 is 21.6 Å². The van der Waals surface area contributed by atoms with Crippen molar-refractivity contribution in [3.05, 3.63) is 59.9 Å². The van der Waals surface area contributed by atoms with Crippen molar-refractivity contribution < 1.29 is 17.6 Å². The molecule has 1 fully saturated rings. The van der Waals surface area contributed by atoms with Gasteiger partial charge in [-0.3, -0.25) is 4.79 Å². The molecule has 1 aliphatic rings. The Labute approximate surface area is 152 Å². The Morgan fingerprint density at radius 2 is 1.77 bits per heavy atom. The smallest absolute Gasteiger partial charge is 0.243 e. The fourth-order valence-corrected chi connectivity index (χ4v) is 4.51. The van der Waals surface area contributed by atoms with Crippen molar-refractivity contribution in [2.45, 2.75) is 30.6 Å². The molecule has 5 nitrogen and oxygen atoms in total. The van der Waals surface area contributed by atoms with E-state index in [9.17, 15) is 17.6 Å². The highest BCUT2D eigenvalue weighted by Crippen LogP contribution is 2.23. The van der Waals surface area contributed by atoms with Gasteiger partial charge in [-0.15, -0.1) is 0 Å². The van der Waals surface area contributed by atoms with Crippen LogP contribution in [0.2, 0.25) is 0 Å². The molecule has 138 valence electrons. The van der Waals surface area contributed by atoms with Crippen molar-refractivity contribution in [3.63, 3.8) is 0 Å². The summed E-state index contributed by atoms with van der Waals surface area (Å²) in [7, 11) is -3.51. The van der Waals surface area contributed by atoms with Crippen LogP contribution in [-0.2, 0) is 21.2 Å². The van der Waals surface area contributed by atoms with Gasteiger partial charge in [0.2, 0.25) is 15.9 Å². The summed E-state index contributed by atoms with van der Waals surface area (Å²) in [6, 6.07) is 12.3. The number of halogens is 1. The maximum atomic E-state index is 12.9. The van der Waals surface area contributed by atoms with Crippen LogP contribution in [0.3, 0.4) is 0 Å². The highest BCUT2D eigenvalue weighted by Gasteiger charge is 2.27. The zero-order chi connectivity index (χ0) is 18.6. The molecule has 0 radical (unpaired) electrons. The van der Waals surface area contributed by atoms with Gasteiger partial charge in [0, 0.05) is 25.2 Å². The van der Waals surface area contributed by atoms with Crippen molar-refractivity contribution in [1.82, 2.24) is 4.31 Å². The minimum absolute atomic E-state index is 0.190. The SMILES string of the molecule is O=C(CCc1ccc(F)cc1)Nc1cccc(S(=O)(=O)N2CCCC2)c1. The normalized spacial score (nSPS) is 15.1. The number of aryl methyl sites for hydroxylation is 1. The molecule has 2 aromatic rings. The van der Waals surface area contributed by atoms with Crippen molar-refractivity contribution in [2.24, 2.45) is 0 Å². The van der Waals surface area contributed by atoms with E-state index >= 15 is 0 Å². The van der Waals surface area contributed by atoms with Crippen LogP contribution in [0.5, 0.6) is 0 Å². The topological polar surface area (TPSA) is 66.5 Å². The van der Waals surface area contributed by atoms with Crippen LogP contribution in [0.25, 0.3) is 0 Å². The fourth-order valence-electron chi connectivity index (χ4n) is 2.94. The Bertz CT molecular complexity index is 876. The highest BCUT2D eigenvalue weighted by molar-refractivity contribution is 7.89. The Kier molecular flexibility index (Phi) is 5.68. The van der Waals surface area contributed by atoms with Gasteiger partial charge in [-0.25, -0.2) is 12.8 Å². The van der Waals surface area contributed by atoms with Gasteiger partial charge in [-0.05, 0) is 55.2 Å². The van der Waals surface area contributed by atoms with Crippen molar-refractivity contribution in [3.8, 4) is 0 Å². The number of carbonyl (C=O) groups is 1. The standard InChI is InChI=1S/C19H21FN2O3S/c20-16-9-6-15(7-10-16)8-11-19(23)21-17-4-3-5-18(14-17)26(24,25)22-12-1-2-13-22/h3-7,9-10,14H,1-2,8,11-13H2,(H,21,23). The summed E-state index contributed by atoms with van der Waals surface area (Å²) >= 11 is 0. The first-order chi connectivity index (χ1) is 12.4. The maximum Gasteiger partial charge on any atom is 0.243 e. The van der Waals surface area contributed by atoms with E-state index in [-0.39, 0.29) is 23.0 Å². The number of anilines is 1. The molecule has 3 rings (SSSR count). The number of hydrogen-bond donors (Lipinski definition) is 1. The second kappa shape index (κ2) is 7.97. The van der Waals surface area contributed by atoms with Gasteiger partial charge in [0.05, 0.1) is 4.90 Å². The summed E-state index contributed by atoms with van der Waals surface area (Å²) < 4.78 is 39.5. The van der Waals surface area contributed by atoms with Crippen LogP contribution in [0, 0.1) is 5.82 Å². The van der Waals surface area contributed by atoms with Gasteiger partial charge in [-0.2, -0.15) is 4.31 Å². The first-order valence-corrected chi connectivity index (χ1v) is 10.0. The molecule has 0 atom stereocenters.